The van der Waals surface area contributed by atoms with Crippen LogP contribution in [0.4, 0.5) is 0 Å². The van der Waals surface area contributed by atoms with Gasteiger partial charge in [0, 0.05) is 30.9 Å². The predicted molar refractivity (Wildman–Crippen MR) is 188 cm³/mol. The summed E-state index contributed by atoms with van der Waals surface area (Å²) in [5, 5.41) is 11.3. The van der Waals surface area contributed by atoms with Crippen molar-refractivity contribution in [1.29, 1.82) is 0 Å². The number of rotatable bonds is 16. The molecular formula is C37H53N7O6. The molecule has 0 aromatic carbocycles. The van der Waals surface area contributed by atoms with Crippen molar-refractivity contribution >= 4 is 35.8 Å². The third-order valence-corrected chi connectivity index (χ3v) is 9.49. The SMILES string of the molecule is CCC(C)=C=CC(NC(=O)C1[C@H]2CC=C[C@H]2CN1C(=O)[C@@H](NC(=O)[C@@H](NC(=O)c1cnccn1)C(C)C)C(C)C)C(C=O)C(=O)N[C@@H](C)CC. The highest BCUT2D eigenvalue weighted by Crippen LogP contribution is 2.39. The Labute approximate surface area is 295 Å². The summed E-state index contributed by atoms with van der Waals surface area (Å²) in [6, 6.07) is -4.10. The zero-order valence-electron chi connectivity index (χ0n) is 30.4. The van der Waals surface area contributed by atoms with Crippen LogP contribution in [0.25, 0.3) is 0 Å². The summed E-state index contributed by atoms with van der Waals surface area (Å²) in [5.41, 5.74) is 4.03. The van der Waals surface area contributed by atoms with E-state index >= 15 is 0 Å². The van der Waals surface area contributed by atoms with Gasteiger partial charge in [0.05, 0.1) is 12.2 Å². The first-order valence-corrected chi connectivity index (χ1v) is 17.6. The molecular weight excluding hydrogens is 638 g/mol. The van der Waals surface area contributed by atoms with Crippen LogP contribution in [0.5, 0.6) is 0 Å². The second-order valence-electron chi connectivity index (χ2n) is 13.9. The molecule has 1 fully saturated rings. The minimum absolute atomic E-state index is 0.0515. The van der Waals surface area contributed by atoms with E-state index in [4.69, 9.17) is 0 Å². The second kappa shape index (κ2) is 18.4. The fourth-order valence-corrected chi connectivity index (χ4v) is 6.09. The molecule has 13 heteroatoms. The summed E-state index contributed by atoms with van der Waals surface area (Å²) in [7, 11) is 0. The van der Waals surface area contributed by atoms with Gasteiger partial charge in [-0.15, -0.1) is 5.73 Å². The maximum atomic E-state index is 14.4. The number of carbonyl (C=O) groups is 6. The highest BCUT2D eigenvalue weighted by atomic mass is 16.2. The van der Waals surface area contributed by atoms with Gasteiger partial charge in [-0.1, -0.05) is 53.7 Å². The van der Waals surface area contributed by atoms with Crippen molar-refractivity contribution in [3.05, 3.63) is 53.8 Å². The van der Waals surface area contributed by atoms with Crippen LogP contribution >= 0.6 is 0 Å². The molecule has 0 saturated carbocycles. The zero-order chi connectivity index (χ0) is 37.1. The highest BCUT2D eigenvalue weighted by molar-refractivity contribution is 5.98. The lowest BCUT2D eigenvalue weighted by molar-refractivity contribution is -0.144. The van der Waals surface area contributed by atoms with Crippen LogP contribution in [0.15, 0.2) is 48.1 Å². The molecule has 272 valence electrons. The molecule has 1 aromatic heterocycles. The number of aromatic nitrogens is 2. The van der Waals surface area contributed by atoms with Crippen molar-refractivity contribution in [3.8, 4) is 0 Å². The van der Waals surface area contributed by atoms with E-state index < -0.39 is 59.6 Å². The van der Waals surface area contributed by atoms with Gasteiger partial charge in [-0.25, -0.2) is 4.98 Å². The summed E-state index contributed by atoms with van der Waals surface area (Å²) in [6.45, 7) is 15.0. The molecule has 1 aliphatic heterocycles. The molecule has 4 N–H and O–H groups in total. The summed E-state index contributed by atoms with van der Waals surface area (Å²) in [4.78, 5) is 90.0. The largest absolute Gasteiger partial charge is 0.353 e. The first-order chi connectivity index (χ1) is 23.7. The van der Waals surface area contributed by atoms with Crippen molar-refractivity contribution in [1.82, 2.24) is 36.1 Å². The van der Waals surface area contributed by atoms with E-state index in [9.17, 15) is 28.8 Å². The lowest BCUT2D eigenvalue weighted by Gasteiger charge is -2.34. The Kier molecular flexibility index (Phi) is 14.6. The second-order valence-corrected chi connectivity index (χ2v) is 13.9. The van der Waals surface area contributed by atoms with Crippen LogP contribution in [0.1, 0.15) is 85.1 Å². The van der Waals surface area contributed by atoms with Crippen LogP contribution in [0.2, 0.25) is 0 Å². The van der Waals surface area contributed by atoms with Gasteiger partial charge in [0.15, 0.2) is 0 Å². The van der Waals surface area contributed by atoms with Crippen LogP contribution in [0, 0.1) is 29.6 Å². The Morgan fingerprint density at radius 3 is 2.24 bits per heavy atom. The third-order valence-electron chi connectivity index (χ3n) is 9.49. The quantitative estimate of drug-likeness (QED) is 0.0884. The first-order valence-electron chi connectivity index (χ1n) is 17.6. The number of aldehydes is 1. The molecule has 5 amide bonds. The average molecular weight is 692 g/mol. The van der Waals surface area contributed by atoms with Gasteiger partial charge in [-0.2, -0.15) is 0 Å². The summed E-state index contributed by atoms with van der Waals surface area (Å²) in [5.74, 6) is -4.79. The summed E-state index contributed by atoms with van der Waals surface area (Å²) >= 11 is 0. The molecule has 0 spiro atoms. The van der Waals surface area contributed by atoms with Gasteiger partial charge < -0.3 is 31.0 Å². The lowest BCUT2D eigenvalue weighted by Crippen LogP contribution is -2.60. The fraction of sp³-hybridized carbons (Fsp3) is 0.595. The van der Waals surface area contributed by atoms with Crippen molar-refractivity contribution in [2.45, 2.75) is 105 Å². The number of fused-ring (bicyclic) bond motifs is 1. The summed E-state index contributed by atoms with van der Waals surface area (Å²) < 4.78 is 0. The topological polar surface area (TPSA) is 180 Å². The highest BCUT2D eigenvalue weighted by Gasteiger charge is 2.50. The van der Waals surface area contributed by atoms with E-state index in [2.05, 4.69) is 37.0 Å². The van der Waals surface area contributed by atoms with Gasteiger partial charge in [0.1, 0.15) is 36.0 Å². The number of likely N-dealkylation sites (tertiary alicyclic amines) is 1. The molecule has 2 heterocycles. The molecule has 3 rings (SSSR count). The molecule has 3 unspecified atom stereocenters. The molecule has 0 radical (unpaired) electrons. The maximum Gasteiger partial charge on any atom is 0.272 e. The van der Waals surface area contributed by atoms with Crippen molar-refractivity contribution in [2.75, 3.05) is 6.54 Å². The summed E-state index contributed by atoms with van der Waals surface area (Å²) in [6.07, 6.45) is 12.1. The Balaban J connectivity index is 1.90. The van der Waals surface area contributed by atoms with E-state index in [0.29, 0.717) is 25.5 Å². The standard InChI is InChI=1S/C37H53N7O6/c1-9-23(7)14-15-28(27(20-45)33(46)40-24(8)10-2)41-36(49)32-26-13-11-12-25(26)19-44(32)37(50)31(22(5)6)43-35(48)30(21(3)4)42-34(47)29-18-38-16-17-39-29/h11-12,15-18,20-22,24-28,30-32H,9-10,13,19H2,1-8H3,(H,40,46)(H,41,49)(H,42,47)(H,43,48)/t14?,24-,25-,26-,27?,28?,30-,31-,32?/m0/s1. The van der Waals surface area contributed by atoms with Gasteiger partial charge in [0.2, 0.25) is 23.6 Å². The van der Waals surface area contributed by atoms with E-state index in [-0.39, 0.29) is 42.0 Å². The van der Waals surface area contributed by atoms with E-state index in [1.54, 1.807) is 27.7 Å². The number of nitrogens with zero attached hydrogens (tertiary/aromatic N) is 3. The molecule has 1 saturated heterocycles. The van der Waals surface area contributed by atoms with Crippen LogP contribution < -0.4 is 21.3 Å². The fourth-order valence-electron chi connectivity index (χ4n) is 6.09. The van der Waals surface area contributed by atoms with E-state index in [1.165, 1.54) is 29.6 Å². The van der Waals surface area contributed by atoms with Gasteiger partial charge in [-0.3, -0.25) is 29.0 Å². The Morgan fingerprint density at radius 1 is 0.960 bits per heavy atom. The Hall–Kier alpha value is -4.64. The van der Waals surface area contributed by atoms with Gasteiger partial charge >= 0.3 is 0 Å². The average Bonchev–Trinajstić information content (AvgIpc) is 3.69. The monoisotopic (exact) mass is 691 g/mol. The number of amides is 5. The molecule has 0 bridgehead atoms. The molecule has 1 aliphatic carbocycles. The smallest absolute Gasteiger partial charge is 0.272 e. The zero-order valence-corrected chi connectivity index (χ0v) is 30.4. The lowest BCUT2D eigenvalue weighted by atomic mass is 9.91. The first kappa shape index (κ1) is 39.8. The maximum absolute atomic E-state index is 14.4. The van der Waals surface area contributed by atoms with Crippen LogP contribution in [-0.4, -0.2) is 87.4 Å². The molecule has 2 aliphatic rings. The van der Waals surface area contributed by atoms with Crippen molar-refractivity contribution in [2.24, 2.45) is 29.6 Å². The predicted octanol–water partition coefficient (Wildman–Crippen LogP) is 2.50. The molecule has 13 nitrogen and oxygen atoms in total. The number of carbonyl (C=O) groups excluding carboxylic acids is 6. The number of hydrogen-bond donors (Lipinski definition) is 4. The van der Waals surface area contributed by atoms with Crippen LogP contribution in [-0.2, 0) is 24.0 Å². The number of allylic oxidation sites excluding steroid dienone is 1. The molecule has 50 heavy (non-hydrogen) atoms. The normalized spacial score (nSPS) is 20.8. The van der Waals surface area contributed by atoms with Crippen LogP contribution in [0.3, 0.4) is 0 Å². The number of hydrogen-bond acceptors (Lipinski definition) is 8. The van der Waals surface area contributed by atoms with Gasteiger partial charge in [-0.05, 0) is 62.5 Å². The third kappa shape index (κ3) is 9.97. The van der Waals surface area contributed by atoms with Gasteiger partial charge in [0.25, 0.3) is 5.91 Å². The Morgan fingerprint density at radius 2 is 1.66 bits per heavy atom. The Bertz CT molecular complexity index is 1490. The minimum atomic E-state index is -1.22. The van der Waals surface area contributed by atoms with E-state index in [1.807, 2.05) is 39.8 Å². The van der Waals surface area contributed by atoms with E-state index in [0.717, 1.165) is 5.57 Å². The molecule has 1 aromatic rings. The van der Waals surface area contributed by atoms with Crippen molar-refractivity contribution < 1.29 is 28.8 Å². The molecule has 8 atom stereocenters. The number of nitrogens with one attached hydrogen (secondary N) is 4. The van der Waals surface area contributed by atoms with Crippen molar-refractivity contribution in [3.63, 3.8) is 0 Å². The minimum Gasteiger partial charge on any atom is -0.353 e.